The van der Waals surface area contributed by atoms with Crippen LogP contribution < -0.4 is 0 Å². The minimum atomic E-state index is 1.11. The van der Waals surface area contributed by atoms with E-state index < -0.39 is 0 Å². The first-order valence-corrected chi connectivity index (χ1v) is 10.0. The van der Waals surface area contributed by atoms with E-state index in [2.05, 4.69) is 85.8 Å². The quantitative estimate of drug-likeness (QED) is 0.455. The molecule has 0 atom stereocenters. The standard InChI is InChI=1S/C27H24/c1-19-16-17-23-22-14-8-9-15-24(22)27(25(23)18-19)26(20-10-4-2-5-11-20)21-12-6-3-7-13-21/h2,4,6,8-10,12-18H,3,5,7,11H2,1H3/b27-26+. The van der Waals surface area contributed by atoms with Crippen molar-refractivity contribution in [3.05, 3.63) is 112 Å². The van der Waals surface area contributed by atoms with Crippen LogP contribution in [0.5, 0.6) is 0 Å². The van der Waals surface area contributed by atoms with Crippen LogP contribution in [0.3, 0.4) is 0 Å². The molecule has 0 unspecified atom stereocenters. The van der Waals surface area contributed by atoms with Crippen LogP contribution in [0.2, 0.25) is 0 Å². The predicted molar refractivity (Wildman–Crippen MR) is 116 cm³/mol. The second-order valence-electron chi connectivity index (χ2n) is 7.64. The van der Waals surface area contributed by atoms with E-state index in [1.165, 1.54) is 50.1 Å². The summed E-state index contributed by atoms with van der Waals surface area (Å²) in [5.74, 6) is 0. The van der Waals surface area contributed by atoms with Gasteiger partial charge in [0, 0.05) is 0 Å². The molecule has 2 aromatic rings. The maximum Gasteiger partial charge on any atom is -0.00176 e. The van der Waals surface area contributed by atoms with Crippen LogP contribution in [0.4, 0.5) is 0 Å². The minimum absolute atomic E-state index is 1.11. The molecule has 0 saturated heterocycles. The third kappa shape index (κ3) is 2.77. The lowest BCUT2D eigenvalue weighted by Crippen LogP contribution is -2.02. The number of aryl methyl sites for hydroxylation is 1. The number of rotatable bonds is 2. The van der Waals surface area contributed by atoms with Crippen molar-refractivity contribution in [2.24, 2.45) is 0 Å². The molecule has 0 bridgehead atoms. The normalized spacial score (nSPS) is 19.3. The molecule has 0 amide bonds. The van der Waals surface area contributed by atoms with Crippen LogP contribution >= 0.6 is 0 Å². The predicted octanol–water partition coefficient (Wildman–Crippen LogP) is 7.33. The molecule has 0 spiro atoms. The molecule has 5 rings (SSSR count). The lowest BCUT2D eigenvalue weighted by atomic mass is 9.83. The molecule has 0 nitrogen and oxygen atoms in total. The molecule has 0 N–H and O–H groups in total. The largest absolute Gasteiger partial charge is 0.0842 e. The van der Waals surface area contributed by atoms with Crippen molar-refractivity contribution in [2.45, 2.75) is 32.6 Å². The first kappa shape index (κ1) is 16.3. The van der Waals surface area contributed by atoms with Gasteiger partial charge in [-0.1, -0.05) is 84.5 Å². The van der Waals surface area contributed by atoms with Crippen LogP contribution in [-0.2, 0) is 0 Å². The van der Waals surface area contributed by atoms with E-state index in [9.17, 15) is 0 Å². The molecule has 0 saturated carbocycles. The summed E-state index contributed by atoms with van der Waals surface area (Å²) in [7, 11) is 0. The number of hydrogen-bond acceptors (Lipinski definition) is 0. The molecular formula is C27H24. The van der Waals surface area contributed by atoms with Gasteiger partial charge in [-0.25, -0.2) is 0 Å². The highest BCUT2D eigenvalue weighted by molar-refractivity contribution is 6.04. The topological polar surface area (TPSA) is 0 Å². The average Bonchev–Trinajstić information content (AvgIpc) is 3.04. The van der Waals surface area contributed by atoms with Gasteiger partial charge in [-0.05, 0) is 77.2 Å². The summed E-state index contributed by atoms with van der Waals surface area (Å²) >= 11 is 0. The highest BCUT2D eigenvalue weighted by atomic mass is 14.3. The summed E-state index contributed by atoms with van der Waals surface area (Å²) < 4.78 is 0. The summed E-state index contributed by atoms with van der Waals surface area (Å²) in [6.07, 6.45) is 18.4. The summed E-state index contributed by atoms with van der Waals surface area (Å²) in [6, 6.07) is 15.8. The molecule has 0 fully saturated rings. The minimum Gasteiger partial charge on any atom is -0.0842 e. The fraction of sp³-hybridized carbons (Fsp3) is 0.185. The Morgan fingerprint density at radius 3 is 2.44 bits per heavy atom. The van der Waals surface area contributed by atoms with Crippen LogP contribution in [0.1, 0.15) is 42.4 Å². The molecule has 0 heteroatoms. The molecule has 0 radical (unpaired) electrons. The average molecular weight is 348 g/mol. The van der Waals surface area contributed by atoms with E-state index in [0.29, 0.717) is 0 Å². The molecule has 27 heavy (non-hydrogen) atoms. The summed E-state index contributed by atoms with van der Waals surface area (Å²) in [5, 5.41) is 0. The highest BCUT2D eigenvalue weighted by Gasteiger charge is 2.28. The molecule has 2 aromatic carbocycles. The van der Waals surface area contributed by atoms with E-state index in [1.54, 1.807) is 0 Å². The fourth-order valence-electron chi connectivity index (χ4n) is 4.55. The summed E-state index contributed by atoms with van der Waals surface area (Å²) in [6.45, 7) is 2.20. The first-order chi connectivity index (χ1) is 13.3. The van der Waals surface area contributed by atoms with Gasteiger partial charge in [-0.15, -0.1) is 0 Å². The number of benzene rings is 2. The van der Waals surface area contributed by atoms with Crippen molar-refractivity contribution >= 4 is 5.57 Å². The molecular weight excluding hydrogens is 324 g/mol. The van der Waals surface area contributed by atoms with Crippen LogP contribution in [0.25, 0.3) is 16.7 Å². The van der Waals surface area contributed by atoms with Crippen LogP contribution in [0, 0.1) is 6.92 Å². The lowest BCUT2D eigenvalue weighted by molar-refractivity contribution is 0.964. The molecule has 0 heterocycles. The monoisotopic (exact) mass is 348 g/mol. The highest BCUT2D eigenvalue weighted by Crippen LogP contribution is 2.49. The Kier molecular flexibility index (Phi) is 4.05. The number of hydrogen-bond donors (Lipinski definition) is 0. The maximum atomic E-state index is 2.43. The Balaban J connectivity index is 1.87. The van der Waals surface area contributed by atoms with Gasteiger partial charge in [0.15, 0.2) is 0 Å². The fourth-order valence-corrected chi connectivity index (χ4v) is 4.55. The van der Waals surface area contributed by atoms with Crippen LogP contribution in [0.15, 0.2) is 95.6 Å². The van der Waals surface area contributed by atoms with E-state index in [4.69, 9.17) is 0 Å². The zero-order valence-corrected chi connectivity index (χ0v) is 15.8. The van der Waals surface area contributed by atoms with Gasteiger partial charge >= 0.3 is 0 Å². The number of fused-ring (bicyclic) bond motifs is 3. The second kappa shape index (κ2) is 6.70. The number of allylic oxidation sites excluding steroid dienone is 9. The van der Waals surface area contributed by atoms with E-state index in [-0.39, 0.29) is 0 Å². The molecule has 0 aromatic heterocycles. The Labute approximate surface area is 161 Å². The van der Waals surface area contributed by atoms with Crippen molar-refractivity contribution < 1.29 is 0 Å². The molecule has 0 aliphatic heterocycles. The molecule has 3 aliphatic carbocycles. The van der Waals surface area contributed by atoms with E-state index >= 15 is 0 Å². The third-order valence-electron chi connectivity index (χ3n) is 5.80. The van der Waals surface area contributed by atoms with E-state index in [0.717, 1.165) is 25.7 Å². The lowest BCUT2D eigenvalue weighted by Gasteiger charge is -2.21. The van der Waals surface area contributed by atoms with Gasteiger partial charge in [0.1, 0.15) is 0 Å². The van der Waals surface area contributed by atoms with Gasteiger partial charge in [-0.2, -0.15) is 0 Å². The second-order valence-corrected chi connectivity index (χ2v) is 7.64. The first-order valence-electron chi connectivity index (χ1n) is 10.0. The van der Waals surface area contributed by atoms with Crippen molar-refractivity contribution in [1.82, 2.24) is 0 Å². The zero-order chi connectivity index (χ0) is 18.2. The summed E-state index contributed by atoms with van der Waals surface area (Å²) in [4.78, 5) is 0. The van der Waals surface area contributed by atoms with Gasteiger partial charge in [0.05, 0.1) is 0 Å². The SMILES string of the molecule is Cc1ccc2c(c1)/C(=C(/C1=CCCC=C1)C1=CC=CCC1)c1ccccc1-2. The van der Waals surface area contributed by atoms with Gasteiger partial charge in [0.25, 0.3) is 0 Å². The van der Waals surface area contributed by atoms with Crippen molar-refractivity contribution in [3.63, 3.8) is 0 Å². The van der Waals surface area contributed by atoms with Gasteiger partial charge in [-0.3, -0.25) is 0 Å². The van der Waals surface area contributed by atoms with Crippen molar-refractivity contribution in [1.29, 1.82) is 0 Å². The smallest absolute Gasteiger partial charge is 0.00176 e. The molecule has 3 aliphatic rings. The van der Waals surface area contributed by atoms with Gasteiger partial charge < -0.3 is 0 Å². The van der Waals surface area contributed by atoms with E-state index in [1.807, 2.05) is 0 Å². The van der Waals surface area contributed by atoms with Crippen molar-refractivity contribution in [2.75, 3.05) is 0 Å². The Morgan fingerprint density at radius 1 is 0.815 bits per heavy atom. The van der Waals surface area contributed by atoms with Crippen molar-refractivity contribution in [3.8, 4) is 11.1 Å². The Morgan fingerprint density at radius 2 is 1.67 bits per heavy atom. The van der Waals surface area contributed by atoms with Gasteiger partial charge in [0.2, 0.25) is 0 Å². The third-order valence-corrected chi connectivity index (χ3v) is 5.80. The van der Waals surface area contributed by atoms with Crippen LogP contribution in [-0.4, -0.2) is 0 Å². The summed E-state index contributed by atoms with van der Waals surface area (Å²) in [5.41, 5.74) is 12.5. The Bertz CT molecular complexity index is 1070. The zero-order valence-electron chi connectivity index (χ0n) is 15.8. The molecule has 132 valence electrons. The maximum absolute atomic E-state index is 2.43. The Hall–Kier alpha value is -2.86.